The highest BCUT2D eigenvalue weighted by Crippen LogP contribution is 2.25. The van der Waals surface area contributed by atoms with Gasteiger partial charge in [0.15, 0.2) is 0 Å². The van der Waals surface area contributed by atoms with Gasteiger partial charge in [0, 0.05) is 25.6 Å². The highest BCUT2D eigenvalue weighted by atomic mass is 16.6. The van der Waals surface area contributed by atoms with Crippen molar-refractivity contribution in [2.45, 2.75) is 46.1 Å². The van der Waals surface area contributed by atoms with Crippen LogP contribution in [-0.4, -0.2) is 49.2 Å². The van der Waals surface area contributed by atoms with Crippen LogP contribution in [0.2, 0.25) is 0 Å². The van der Waals surface area contributed by atoms with Gasteiger partial charge in [0.05, 0.1) is 6.61 Å². The van der Waals surface area contributed by atoms with Crippen LogP contribution in [-0.2, 0) is 14.3 Å². The first-order valence-corrected chi connectivity index (χ1v) is 7.38. The molecule has 0 bridgehead atoms. The number of aldehydes is 1. The summed E-state index contributed by atoms with van der Waals surface area (Å²) < 4.78 is 10.7. The fourth-order valence-electron chi connectivity index (χ4n) is 2.38. The van der Waals surface area contributed by atoms with Crippen molar-refractivity contribution in [2.24, 2.45) is 11.8 Å². The lowest BCUT2D eigenvalue weighted by Crippen LogP contribution is -2.43. The molecule has 1 fully saturated rings. The molecule has 0 radical (unpaired) electrons. The maximum atomic E-state index is 11.9. The van der Waals surface area contributed by atoms with Gasteiger partial charge in [-0.3, -0.25) is 0 Å². The number of likely N-dealkylation sites (tertiary alicyclic amines) is 1. The molecule has 5 heteroatoms. The molecule has 0 aliphatic carbocycles. The van der Waals surface area contributed by atoms with Crippen LogP contribution in [0.1, 0.15) is 40.5 Å². The average Bonchev–Trinajstić information content (AvgIpc) is 2.38. The molecule has 0 spiro atoms. The first kappa shape index (κ1) is 17.0. The molecular weight excluding hydrogens is 258 g/mol. The summed E-state index contributed by atoms with van der Waals surface area (Å²) >= 11 is 0. The van der Waals surface area contributed by atoms with Crippen LogP contribution in [0, 0.1) is 11.8 Å². The summed E-state index contributed by atoms with van der Waals surface area (Å²) in [6.45, 7) is 9.92. The van der Waals surface area contributed by atoms with Crippen molar-refractivity contribution in [1.82, 2.24) is 4.90 Å². The van der Waals surface area contributed by atoms with Crippen molar-refractivity contribution in [3.63, 3.8) is 0 Å². The summed E-state index contributed by atoms with van der Waals surface area (Å²) in [7, 11) is 0. The topological polar surface area (TPSA) is 55.8 Å². The largest absolute Gasteiger partial charge is 0.444 e. The Balaban J connectivity index is 2.42. The molecule has 1 unspecified atom stereocenters. The van der Waals surface area contributed by atoms with Crippen molar-refractivity contribution >= 4 is 12.4 Å². The fourth-order valence-corrected chi connectivity index (χ4v) is 2.38. The minimum atomic E-state index is -0.464. The first-order valence-electron chi connectivity index (χ1n) is 7.38. The van der Waals surface area contributed by atoms with Gasteiger partial charge in [0.2, 0.25) is 0 Å². The van der Waals surface area contributed by atoms with Crippen LogP contribution < -0.4 is 0 Å². The summed E-state index contributed by atoms with van der Waals surface area (Å²) in [5, 5.41) is 0. The van der Waals surface area contributed by atoms with Crippen molar-refractivity contribution in [3.8, 4) is 0 Å². The van der Waals surface area contributed by atoms with Crippen molar-refractivity contribution in [3.05, 3.63) is 0 Å². The van der Waals surface area contributed by atoms with E-state index in [2.05, 4.69) is 0 Å². The molecule has 1 aliphatic rings. The lowest BCUT2D eigenvalue weighted by molar-refractivity contribution is -0.115. The van der Waals surface area contributed by atoms with Gasteiger partial charge in [0.25, 0.3) is 0 Å². The predicted molar refractivity (Wildman–Crippen MR) is 76.6 cm³/mol. The highest BCUT2D eigenvalue weighted by molar-refractivity contribution is 5.68. The monoisotopic (exact) mass is 285 g/mol. The zero-order chi connectivity index (χ0) is 15.2. The second kappa shape index (κ2) is 7.62. The molecule has 116 valence electrons. The Morgan fingerprint density at radius 3 is 2.40 bits per heavy atom. The molecule has 0 aromatic rings. The molecule has 0 aromatic heterocycles. The number of amides is 1. The Labute approximate surface area is 121 Å². The van der Waals surface area contributed by atoms with E-state index in [-0.39, 0.29) is 12.0 Å². The molecule has 1 heterocycles. The summed E-state index contributed by atoms with van der Waals surface area (Å²) in [5.74, 6) is 0.244. The summed E-state index contributed by atoms with van der Waals surface area (Å²) in [6.07, 6.45) is 2.39. The quantitative estimate of drug-likeness (QED) is 0.728. The predicted octanol–water partition coefficient (Wildman–Crippen LogP) is 2.49. The SMILES string of the molecule is CCOCC(C=O)C1CCN(C(=O)OC(C)(C)C)CC1. The van der Waals surface area contributed by atoms with Crippen LogP contribution in [0.3, 0.4) is 0 Å². The molecule has 0 aromatic carbocycles. The maximum absolute atomic E-state index is 11.9. The van der Waals surface area contributed by atoms with Gasteiger partial charge in [-0.25, -0.2) is 4.79 Å². The molecular formula is C15H27NO4. The summed E-state index contributed by atoms with van der Waals surface area (Å²) in [6, 6.07) is 0. The smallest absolute Gasteiger partial charge is 0.410 e. The number of nitrogens with zero attached hydrogens (tertiary/aromatic N) is 1. The summed E-state index contributed by atoms with van der Waals surface area (Å²) in [5.41, 5.74) is -0.464. The van der Waals surface area contributed by atoms with E-state index in [9.17, 15) is 9.59 Å². The van der Waals surface area contributed by atoms with E-state index in [4.69, 9.17) is 9.47 Å². The van der Waals surface area contributed by atoms with Gasteiger partial charge < -0.3 is 19.2 Å². The molecule has 1 atom stereocenters. The van der Waals surface area contributed by atoms with Gasteiger partial charge in [-0.15, -0.1) is 0 Å². The average molecular weight is 285 g/mol. The van der Waals surface area contributed by atoms with E-state index in [0.717, 1.165) is 19.1 Å². The van der Waals surface area contributed by atoms with E-state index in [0.29, 0.717) is 32.2 Å². The Morgan fingerprint density at radius 1 is 1.35 bits per heavy atom. The molecule has 0 N–H and O–H groups in total. The van der Waals surface area contributed by atoms with Crippen LogP contribution >= 0.6 is 0 Å². The van der Waals surface area contributed by atoms with E-state index in [1.54, 1.807) is 4.90 Å². The Kier molecular flexibility index (Phi) is 6.46. The maximum Gasteiger partial charge on any atom is 0.410 e. The molecule has 5 nitrogen and oxygen atoms in total. The normalized spacial score (nSPS) is 18.7. The zero-order valence-corrected chi connectivity index (χ0v) is 13.1. The molecule has 1 amide bonds. The van der Waals surface area contributed by atoms with E-state index in [1.807, 2.05) is 27.7 Å². The van der Waals surface area contributed by atoms with Gasteiger partial charge in [-0.1, -0.05) is 0 Å². The minimum absolute atomic E-state index is 0.0595. The molecule has 1 aliphatic heterocycles. The number of carbonyl (C=O) groups is 2. The number of carbonyl (C=O) groups excluding carboxylic acids is 2. The minimum Gasteiger partial charge on any atom is -0.444 e. The number of hydrogen-bond acceptors (Lipinski definition) is 4. The Morgan fingerprint density at radius 2 is 1.95 bits per heavy atom. The second-order valence-electron chi connectivity index (χ2n) is 6.26. The molecule has 1 saturated heterocycles. The lowest BCUT2D eigenvalue weighted by Gasteiger charge is -2.35. The number of hydrogen-bond donors (Lipinski definition) is 0. The van der Waals surface area contributed by atoms with Crippen LogP contribution in [0.4, 0.5) is 4.79 Å². The van der Waals surface area contributed by atoms with E-state index < -0.39 is 5.60 Å². The highest BCUT2D eigenvalue weighted by Gasteiger charge is 2.30. The Hall–Kier alpha value is -1.10. The Bertz CT molecular complexity index is 316. The van der Waals surface area contributed by atoms with Crippen LogP contribution in [0.25, 0.3) is 0 Å². The standard InChI is InChI=1S/C15H27NO4/c1-5-19-11-13(10-17)12-6-8-16(9-7-12)14(18)20-15(2,3)4/h10,12-13H,5-9,11H2,1-4H3. The molecule has 20 heavy (non-hydrogen) atoms. The molecule has 0 saturated carbocycles. The van der Waals surface area contributed by atoms with E-state index in [1.165, 1.54) is 0 Å². The van der Waals surface area contributed by atoms with Gasteiger partial charge in [-0.05, 0) is 46.5 Å². The van der Waals surface area contributed by atoms with Crippen molar-refractivity contribution < 1.29 is 19.1 Å². The van der Waals surface area contributed by atoms with Crippen molar-refractivity contribution in [1.29, 1.82) is 0 Å². The van der Waals surface area contributed by atoms with Crippen LogP contribution in [0.15, 0.2) is 0 Å². The second-order valence-corrected chi connectivity index (χ2v) is 6.26. The lowest BCUT2D eigenvalue weighted by atomic mass is 9.85. The van der Waals surface area contributed by atoms with Crippen LogP contribution in [0.5, 0.6) is 0 Å². The van der Waals surface area contributed by atoms with Gasteiger partial charge in [0.1, 0.15) is 11.9 Å². The first-order chi connectivity index (χ1) is 9.37. The summed E-state index contributed by atoms with van der Waals surface area (Å²) in [4.78, 5) is 24.8. The van der Waals surface area contributed by atoms with Crippen molar-refractivity contribution in [2.75, 3.05) is 26.3 Å². The number of piperidine rings is 1. The van der Waals surface area contributed by atoms with Gasteiger partial charge >= 0.3 is 6.09 Å². The third-order valence-corrected chi connectivity index (χ3v) is 3.49. The molecule has 1 rings (SSSR count). The van der Waals surface area contributed by atoms with E-state index >= 15 is 0 Å². The third-order valence-electron chi connectivity index (χ3n) is 3.49. The number of rotatable bonds is 5. The number of ether oxygens (including phenoxy) is 2. The zero-order valence-electron chi connectivity index (χ0n) is 13.1. The fraction of sp³-hybridized carbons (Fsp3) is 0.867. The van der Waals surface area contributed by atoms with Gasteiger partial charge in [-0.2, -0.15) is 0 Å². The third kappa shape index (κ3) is 5.49.